The third-order valence-electron chi connectivity index (χ3n) is 3.30. The largest absolute Gasteiger partial charge is 0.497 e. The number of benzene rings is 2. The van der Waals surface area contributed by atoms with Crippen molar-refractivity contribution in [1.29, 1.82) is 0 Å². The Bertz CT molecular complexity index is 711. The molecular formula is C17H18N2O4. The maximum atomic E-state index is 12.1. The van der Waals surface area contributed by atoms with Crippen LogP contribution in [0.3, 0.4) is 0 Å². The van der Waals surface area contributed by atoms with Crippen LogP contribution in [0.1, 0.15) is 15.9 Å². The summed E-state index contributed by atoms with van der Waals surface area (Å²) >= 11 is 0. The van der Waals surface area contributed by atoms with Crippen LogP contribution < -0.4 is 20.5 Å². The fourth-order valence-electron chi connectivity index (χ4n) is 2.09. The van der Waals surface area contributed by atoms with Crippen LogP contribution in [0, 0.1) is 0 Å². The second-order valence-corrected chi connectivity index (χ2v) is 4.84. The summed E-state index contributed by atoms with van der Waals surface area (Å²) in [5.41, 5.74) is 6.90. The molecule has 0 radical (unpaired) electrons. The number of nitrogens with two attached hydrogens (primary N) is 1. The third-order valence-corrected chi connectivity index (χ3v) is 3.30. The number of carbonyl (C=O) groups is 2. The number of carbonyl (C=O) groups excluding carboxylic acids is 2. The van der Waals surface area contributed by atoms with Crippen LogP contribution in [0.25, 0.3) is 0 Å². The maximum Gasteiger partial charge on any atom is 0.248 e. The number of rotatable bonds is 6. The van der Waals surface area contributed by atoms with Crippen molar-refractivity contribution in [3.05, 3.63) is 53.6 Å². The summed E-state index contributed by atoms with van der Waals surface area (Å²) in [7, 11) is 3.11. The number of primary amides is 1. The van der Waals surface area contributed by atoms with E-state index in [0.29, 0.717) is 22.7 Å². The lowest BCUT2D eigenvalue weighted by Crippen LogP contribution is -2.15. The molecule has 120 valence electrons. The van der Waals surface area contributed by atoms with E-state index in [9.17, 15) is 9.59 Å². The van der Waals surface area contributed by atoms with Crippen LogP contribution >= 0.6 is 0 Å². The Labute approximate surface area is 134 Å². The summed E-state index contributed by atoms with van der Waals surface area (Å²) in [4.78, 5) is 23.1. The molecule has 2 aromatic rings. The molecule has 0 bridgehead atoms. The number of anilines is 1. The van der Waals surface area contributed by atoms with E-state index in [-0.39, 0.29) is 12.3 Å². The summed E-state index contributed by atoms with van der Waals surface area (Å²) in [6.07, 6.45) is 0.157. The van der Waals surface area contributed by atoms with E-state index in [1.54, 1.807) is 56.7 Å². The molecule has 2 amide bonds. The minimum absolute atomic E-state index is 0.157. The molecule has 0 aliphatic carbocycles. The highest BCUT2D eigenvalue weighted by molar-refractivity contribution is 5.95. The molecule has 6 heteroatoms. The van der Waals surface area contributed by atoms with Gasteiger partial charge in [-0.25, -0.2) is 0 Å². The molecule has 0 spiro atoms. The first kappa shape index (κ1) is 16.4. The molecule has 0 atom stereocenters. The van der Waals surface area contributed by atoms with Crippen molar-refractivity contribution < 1.29 is 19.1 Å². The lowest BCUT2D eigenvalue weighted by atomic mass is 10.1. The van der Waals surface area contributed by atoms with Gasteiger partial charge in [-0.3, -0.25) is 9.59 Å². The van der Waals surface area contributed by atoms with E-state index in [4.69, 9.17) is 15.2 Å². The lowest BCUT2D eigenvalue weighted by Gasteiger charge is -2.11. The number of ether oxygens (including phenoxy) is 2. The molecule has 3 N–H and O–H groups in total. The third kappa shape index (κ3) is 4.23. The average Bonchev–Trinajstić information content (AvgIpc) is 2.55. The predicted octanol–water partition coefficient (Wildman–Crippen LogP) is 1.98. The Kier molecular flexibility index (Phi) is 5.19. The lowest BCUT2D eigenvalue weighted by molar-refractivity contribution is -0.115. The highest BCUT2D eigenvalue weighted by Gasteiger charge is 2.10. The molecule has 0 unspecified atom stereocenters. The quantitative estimate of drug-likeness (QED) is 0.853. The summed E-state index contributed by atoms with van der Waals surface area (Å²) in [5.74, 6) is 0.544. The van der Waals surface area contributed by atoms with Gasteiger partial charge in [0, 0.05) is 22.9 Å². The number of methoxy groups -OCH3 is 2. The van der Waals surface area contributed by atoms with Crippen LogP contribution in [0.15, 0.2) is 42.5 Å². The van der Waals surface area contributed by atoms with Crippen molar-refractivity contribution in [3.8, 4) is 11.5 Å². The maximum absolute atomic E-state index is 12.1. The van der Waals surface area contributed by atoms with Gasteiger partial charge in [0.25, 0.3) is 0 Å². The molecule has 0 saturated carbocycles. The second kappa shape index (κ2) is 7.31. The second-order valence-electron chi connectivity index (χ2n) is 4.84. The minimum atomic E-state index is -0.508. The van der Waals surface area contributed by atoms with Crippen LogP contribution in [0.4, 0.5) is 5.69 Å². The zero-order chi connectivity index (χ0) is 16.8. The molecule has 23 heavy (non-hydrogen) atoms. The fourth-order valence-corrected chi connectivity index (χ4v) is 2.09. The summed E-state index contributed by atoms with van der Waals surface area (Å²) in [5, 5.41) is 2.76. The zero-order valence-corrected chi connectivity index (χ0v) is 13.0. The van der Waals surface area contributed by atoms with Crippen molar-refractivity contribution in [1.82, 2.24) is 0 Å². The van der Waals surface area contributed by atoms with Crippen LogP contribution in [0.2, 0.25) is 0 Å². The van der Waals surface area contributed by atoms with Crippen LogP contribution in [-0.4, -0.2) is 26.0 Å². The molecule has 0 aliphatic rings. The molecule has 0 saturated heterocycles. The first-order chi connectivity index (χ1) is 11.0. The average molecular weight is 314 g/mol. The molecule has 2 rings (SSSR count). The normalized spacial score (nSPS) is 10.0. The Balaban J connectivity index is 2.06. The van der Waals surface area contributed by atoms with Gasteiger partial charge in [-0.15, -0.1) is 0 Å². The van der Waals surface area contributed by atoms with E-state index < -0.39 is 5.91 Å². The molecule has 0 aromatic heterocycles. The highest BCUT2D eigenvalue weighted by Crippen LogP contribution is 2.25. The van der Waals surface area contributed by atoms with E-state index in [1.807, 2.05) is 0 Å². The van der Waals surface area contributed by atoms with Gasteiger partial charge in [-0.1, -0.05) is 6.07 Å². The van der Waals surface area contributed by atoms with Gasteiger partial charge in [-0.2, -0.15) is 0 Å². The molecule has 6 nitrogen and oxygen atoms in total. The van der Waals surface area contributed by atoms with Gasteiger partial charge in [0.2, 0.25) is 11.8 Å². The molecule has 0 heterocycles. The number of nitrogens with one attached hydrogen (secondary N) is 1. The first-order valence-corrected chi connectivity index (χ1v) is 6.94. The van der Waals surface area contributed by atoms with Gasteiger partial charge in [0.1, 0.15) is 11.5 Å². The molecule has 0 aliphatic heterocycles. The van der Waals surface area contributed by atoms with Gasteiger partial charge < -0.3 is 20.5 Å². The van der Waals surface area contributed by atoms with Gasteiger partial charge in [0.15, 0.2) is 0 Å². The number of hydrogen-bond donors (Lipinski definition) is 2. The Morgan fingerprint density at radius 1 is 1.04 bits per heavy atom. The monoisotopic (exact) mass is 314 g/mol. The SMILES string of the molecule is COc1ccc(CC(=O)Nc2ccc(C(N)=O)cc2)c(OC)c1. The van der Waals surface area contributed by atoms with Gasteiger partial charge in [0.05, 0.1) is 20.6 Å². The van der Waals surface area contributed by atoms with Crippen molar-refractivity contribution in [3.63, 3.8) is 0 Å². The summed E-state index contributed by atoms with van der Waals surface area (Å²) in [6, 6.07) is 11.7. The fraction of sp³-hybridized carbons (Fsp3) is 0.176. The van der Waals surface area contributed by atoms with Gasteiger partial charge in [-0.05, 0) is 30.3 Å². The predicted molar refractivity (Wildman–Crippen MR) is 86.8 cm³/mol. The number of hydrogen-bond acceptors (Lipinski definition) is 4. The van der Waals surface area contributed by atoms with Crippen molar-refractivity contribution >= 4 is 17.5 Å². The van der Waals surface area contributed by atoms with Crippen LogP contribution in [-0.2, 0) is 11.2 Å². The van der Waals surface area contributed by atoms with E-state index in [1.165, 1.54) is 0 Å². The molecule has 2 aromatic carbocycles. The zero-order valence-electron chi connectivity index (χ0n) is 13.0. The molecular weight excluding hydrogens is 296 g/mol. The smallest absolute Gasteiger partial charge is 0.248 e. The summed E-state index contributed by atoms with van der Waals surface area (Å²) < 4.78 is 10.4. The van der Waals surface area contributed by atoms with Crippen molar-refractivity contribution in [2.75, 3.05) is 19.5 Å². The topological polar surface area (TPSA) is 90.6 Å². The van der Waals surface area contributed by atoms with Crippen molar-refractivity contribution in [2.24, 2.45) is 5.73 Å². The standard InChI is InChI=1S/C17H18N2O4/c1-22-14-8-5-12(15(10-14)23-2)9-16(20)19-13-6-3-11(4-7-13)17(18)21/h3-8,10H,9H2,1-2H3,(H2,18,21)(H,19,20). The van der Waals surface area contributed by atoms with E-state index in [0.717, 1.165) is 5.56 Å². The first-order valence-electron chi connectivity index (χ1n) is 6.94. The minimum Gasteiger partial charge on any atom is -0.497 e. The van der Waals surface area contributed by atoms with E-state index >= 15 is 0 Å². The summed E-state index contributed by atoms with van der Waals surface area (Å²) in [6.45, 7) is 0. The Morgan fingerprint density at radius 2 is 1.74 bits per heavy atom. The Morgan fingerprint density at radius 3 is 2.30 bits per heavy atom. The highest BCUT2D eigenvalue weighted by atomic mass is 16.5. The number of amides is 2. The van der Waals surface area contributed by atoms with Crippen LogP contribution in [0.5, 0.6) is 11.5 Å². The van der Waals surface area contributed by atoms with E-state index in [2.05, 4.69) is 5.32 Å². The van der Waals surface area contributed by atoms with Crippen molar-refractivity contribution in [2.45, 2.75) is 6.42 Å². The molecule has 0 fully saturated rings. The van der Waals surface area contributed by atoms with Gasteiger partial charge >= 0.3 is 0 Å². The Hall–Kier alpha value is -3.02.